The third-order valence-corrected chi connectivity index (χ3v) is 4.05. The molecule has 2 aromatic rings. The topological polar surface area (TPSA) is 21.1 Å². The molecule has 21 heavy (non-hydrogen) atoms. The van der Waals surface area contributed by atoms with Crippen molar-refractivity contribution in [3.8, 4) is 5.69 Å². The van der Waals surface area contributed by atoms with E-state index in [-0.39, 0.29) is 24.8 Å². The van der Waals surface area contributed by atoms with Crippen molar-refractivity contribution in [1.82, 2.24) is 14.7 Å². The van der Waals surface area contributed by atoms with Gasteiger partial charge in [0.1, 0.15) is 0 Å². The third kappa shape index (κ3) is 3.25. The molecule has 1 aliphatic carbocycles. The Kier molecular flexibility index (Phi) is 5.85. The van der Waals surface area contributed by atoms with Crippen LogP contribution in [-0.4, -0.2) is 28.8 Å². The minimum absolute atomic E-state index is 0. The SMILES string of the molecule is Cc1cc(C)n(-c2ccc3c(c2)C(N(C)C)CC3)n1.Cl.Cl. The molecule has 0 N–H and O–H groups in total. The first-order chi connectivity index (χ1) is 9.06. The number of hydrogen-bond acceptors (Lipinski definition) is 2. The van der Waals surface area contributed by atoms with Gasteiger partial charge in [0.05, 0.1) is 11.4 Å². The summed E-state index contributed by atoms with van der Waals surface area (Å²) >= 11 is 0. The molecule has 1 heterocycles. The van der Waals surface area contributed by atoms with Gasteiger partial charge >= 0.3 is 0 Å². The fourth-order valence-corrected chi connectivity index (χ4v) is 3.13. The first-order valence-corrected chi connectivity index (χ1v) is 6.89. The minimum atomic E-state index is 0. The normalized spacial score (nSPS) is 16.3. The van der Waals surface area contributed by atoms with Crippen molar-refractivity contribution in [2.45, 2.75) is 32.7 Å². The number of benzene rings is 1. The summed E-state index contributed by atoms with van der Waals surface area (Å²) in [6, 6.07) is 9.44. The van der Waals surface area contributed by atoms with Crippen LogP contribution in [-0.2, 0) is 6.42 Å². The predicted molar refractivity (Wildman–Crippen MR) is 92.3 cm³/mol. The fraction of sp³-hybridized carbons (Fsp3) is 0.438. The monoisotopic (exact) mass is 327 g/mol. The van der Waals surface area contributed by atoms with Crippen molar-refractivity contribution >= 4 is 24.8 Å². The van der Waals surface area contributed by atoms with Crippen molar-refractivity contribution in [2.24, 2.45) is 0 Å². The van der Waals surface area contributed by atoms with Gasteiger partial charge in [-0.05, 0) is 70.1 Å². The van der Waals surface area contributed by atoms with Gasteiger partial charge in [0.2, 0.25) is 0 Å². The van der Waals surface area contributed by atoms with Crippen LogP contribution in [0.3, 0.4) is 0 Å². The Labute approximate surface area is 139 Å². The van der Waals surface area contributed by atoms with E-state index < -0.39 is 0 Å². The molecule has 3 nitrogen and oxygen atoms in total. The molecule has 1 aliphatic rings. The molecular weight excluding hydrogens is 305 g/mol. The minimum Gasteiger partial charge on any atom is -0.302 e. The highest BCUT2D eigenvalue weighted by atomic mass is 35.5. The van der Waals surface area contributed by atoms with Gasteiger partial charge in [-0.3, -0.25) is 0 Å². The fourth-order valence-electron chi connectivity index (χ4n) is 3.13. The van der Waals surface area contributed by atoms with Crippen molar-refractivity contribution in [2.75, 3.05) is 14.1 Å². The van der Waals surface area contributed by atoms with Crippen LogP contribution in [0, 0.1) is 13.8 Å². The lowest BCUT2D eigenvalue weighted by molar-refractivity contribution is 0.299. The van der Waals surface area contributed by atoms with Crippen molar-refractivity contribution in [1.29, 1.82) is 0 Å². The van der Waals surface area contributed by atoms with E-state index in [1.807, 2.05) is 11.6 Å². The summed E-state index contributed by atoms with van der Waals surface area (Å²) in [5.41, 5.74) is 6.40. The van der Waals surface area contributed by atoms with Gasteiger partial charge in [0.15, 0.2) is 0 Å². The zero-order chi connectivity index (χ0) is 13.6. The summed E-state index contributed by atoms with van der Waals surface area (Å²) in [6.07, 6.45) is 2.42. The zero-order valence-electron chi connectivity index (χ0n) is 13.0. The van der Waals surface area contributed by atoms with Gasteiger partial charge in [-0.25, -0.2) is 4.68 Å². The van der Waals surface area contributed by atoms with E-state index in [0.29, 0.717) is 6.04 Å². The maximum Gasteiger partial charge on any atom is 0.0652 e. The van der Waals surface area contributed by atoms with E-state index in [1.165, 1.54) is 35.3 Å². The second-order valence-electron chi connectivity index (χ2n) is 5.74. The van der Waals surface area contributed by atoms with Crippen molar-refractivity contribution in [3.05, 3.63) is 46.8 Å². The Morgan fingerprint density at radius 3 is 2.43 bits per heavy atom. The Bertz CT molecular complexity index is 620. The maximum absolute atomic E-state index is 4.58. The smallest absolute Gasteiger partial charge is 0.0652 e. The lowest BCUT2D eigenvalue weighted by Gasteiger charge is -2.20. The Balaban J connectivity index is 0.00000110. The Morgan fingerprint density at radius 1 is 1.14 bits per heavy atom. The van der Waals surface area contributed by atoms with Gasteiger partial charge in [0.25, 0.3) is 0 Å². The van der Waals surface area contributed by atoms with Crippen LogP contribution in [0.5, 0.6) is 0 Å². The highest BCUT2D eigenvalue weighted by Gasteiger charge is 2.24. The average Bonchev–Trinajstić information content (AvgIpc) is 2.91. The first kappa shape index (κ1) is 18.0. The average molecular weight is 328 g/mol. The zero-order valence-corrected chi connectivity index (χ0v) is 14.6. The summed E-state index contributed by atoms with van der Waals surface area (Å²) in [6.45, 7) is 4.15. The van der Waals surface area contributed by atoms with Gasteiger partial charge in [0, 0.05) is 11.7 Å². The predicted octanol–water partition coefficient (Wildman–Crippen LogP) is 3.88. The highest BCUT2D eigenvalue weighted by Crippen LogP contribution is 2.35. The number of nitrogens with zero attached hydrogens (tertiary/aromatic N) is 3. The number of hydrogen-bond donors (Lipinski definition) is 0. The highest BCUT2D eigenvalue weighted by molar-refractivity contribution is 5.85. The molecule has 0 bridgehead atoms. The lowest BCUT2D eigenvalue weighted by Crippen LogP contribution is -2.17. The molecule has 116 valence electrons. The van der Waals surface area contributed by atoms with E-state index in [0.717, 1.165) is 5.69 Å². The number of aromatic nitrogens is 2. The molecule has 1 aromatic carbocycles. The lowest BCUT2D eigenvalue weighted by atomic mass is 10.1. The number of fused-ring (bicyclic) bond motifs is 1. The quantitative estimate of drug-likeness (QED) is 0.834. The molecule has 0 radical (unpaired) electrons. The molecule has 0 saturated heterocycles. The van der Waals surface area contributed by atoms with E-state index in [4.69, 9.17) is 0 Å². The van der Waals surface area contributed by atoms with E-state index in [9.17, 15) is 0 Å². The molecule has 0 amide bonds. The van der Waals surface area contributed by atoms with Crippen LogP contribution in [0.15, 0.2) is 24.3 Å². The molecule has 0 fully saturated rings. The molecule has 5 heteroatoms. The van der Waals surface area contributed by atoms with Crippen LogP contribution >= 0.6 is 24.8 Å². The standard InChI is InChI=1S/C16H21N3.2ClH/c1-11-9-12(2)19(17-11)14-7-5-13-6-8-16(18(3)4)15(13)10-14;;/h5,7,9-10,16H,6,8H2,1-4H3;2*1H. The summed E-state index contributed by atoms with van der Waals surface area (Å²) in [5.74, 6) is 0. The van der Waals surface area contributed by atoms with Crippen LogP contribution in [0.25, 0.3) is 5.69 Å². The Hall–Kier alpha value is -1.03. The summed E-state index contributed by atoms with van der Waals surface area (Å²) in [4.78, 5) is 2.32. The van der Waals surface area contributed by atoms with E-state index >= 15 is 0 Å². The van der Waals surface area contributed by atoms with Gasteiger partial charge in [-0.1, -0.05) is 6.07 Å². The summed E-state index contributed by atoms with van der Waals surface area (Å²) in [7, 11) is 4.32. The van der Waals surface area contributed by atoms with Crippen LogP contribution in [0.2, 0.25) is 0 Å². The molecule has 1 atom stereocenters. The van der Waals surface area contributed by atoms with E-state index in [1.54, 1.807) is 0 Å². The second kappa shape index (κ2) is 6.82. The van der Waals surface area contributed by atoms with Crippen LogP contribution < -0.4 is 0 Å². The van der Waals surface area contributed by atoms with E-state index in [2.05, 4.69) is 55.3 Å². The molecule has 3 rings (SSSR count). The molecule has 1 aromatic heterocycles. The van der Waals surface area contributed by atoms with Crippen LogP contribution in [0.4, 0.5) is 0 Å². The van der Waals surface area contributed by atoms with Gasteiger partial charge in [-0.15, -0.1) is 24.8 Å². The maximum atomic E-state index is 4.58. The molecular formula is C16H23Cl2N3. The van der Waals surface area contributed by atoms with Gasteiger partial charge < -0.3 is 4.90 Å². The van der Waals surface area contributed by atoms with Crippen molar-refractivity contribution in [3.63, 3.8) is 0 Å². The molecule has 1 unspecified atom stereocenters. The first-order valence-electron chi connectivity index (χ1n) is 6.89. The largest absolute Gasteiger partial charge is 0.302 e. The third-order valence-electron chi connectivity index (χ3n) is 4.05. The second-order valence-corrected chi connectivity index (χ2v) is 5.74. The number of aryl methyl sites for hydroxylation is 3. The molecule has 0 aliphatic heterocycles. The Morgan fingerprint density at radius 2 is 1.86 bits per heavy atom. The summed E-state index contributed by atoms with van der Waals surface area (Å²) < 4.78 is 2.04. The molecule has 0 saturated carbocycles. The summed E-state index contributed by atoms with van der Waals surface area (Å²) in [5, 5.41) is 4.58. The number of rotatable bonds is 2. The van der Waals surface area contributed by atoms with Crippen LogP contribution in [0.1, 0.15) is 35.0 Å². The number of halogens is 2. The molecule has 0 spiro atoms. The van der Waals surface area contributed by atoms with Gasteiger partial charge in [-0.2, -0.15) is 5.10 Å². The van der Waals surface area contributed by atoms with Crippen molar-refractivity contribution < 1.29 is 0 Å².